The first kappa shape index (κ1) is 24.8. The van der Waals surface area contributed by atoms with Crippen molar-refractivity contribution < 1.29 is 5.11 Å². The highest BCUT2D eigenvalue weighted by Crippen LogP contribution is 2.23. The van der Waals surface area contributed by atoms with Gasteiger partial charge in [-0.1, -0.05) is 12.1 Å². The highest BCUT2D eigenvalue weighted by molar-refractivity contribution is 14.0. The normalized spacial score (nSPS) is 19.3. The Labute approximate surface area is 207 Å². The molecule has 0 spiro atoms. The molecule has 3 N–H and O–H groups in total. The molecule has 0 radical (unpaired) electrons. The molecule has 9 heteroatoms. The molecule has 2 aliphatic rings. The highest BCUT2D eigenvalue weighted by atomic mass is 127. The number of aliphatic imine (C=N–C) groups is 1. The summed E-state index contributed by atoms with van der Waals surface area (Å²) < 4.78 is 2.02. The van der Waals surface area contributed by atoms with E-state index in [1.165, 1.54) is 11.3 Å². The molecule has 1 saturated heterocycles. The number of hydrogen-bond donors (Lipinski definition) is 3. The van der Waals surface area contributed by atoms with Gasteiger partial charge in [-0.05, 0) is 56.7 Å². The zero-order chi connectivity index (χ0) is 21.6. The zero-order valence-electron chi connectivity index (χ0n) is 19.1. The molecule has 1 aromatic heterocycles. The SMILES string of the molecule is CCNC(=NCc1ccc(N2CCC(CO)CC2)cc1)NC1CCc2nc(C)nn2C1.I. The predicted octanol–water partition coefficient (Wildman–Crippen LogP) is 2.48. The van der Waals surface area contributed by atoms with Gasteiger partial charge in [-0.2, -0.15) is 5.10 Å². The molecule has 1 aromatic carbocycles. The smallest absolute Gasteiger partial charge is 0.191 e. The summed E-state index contributed by atoms with van der Waals surface area (Å²) in [5.41, 5.74) is 2.46. The van der Waals surface area contributed by atoms with Crippen molar-refractivity contribution in [3.05, 3.63) is 41.5 Å². The molecule has 4 rings (SSSR count). The van der Waals surface area contributed by atoms with E-state index in [4.69, 9.17) is 4.99 Å². The Morgan fingerprint density at radius 2 is 1.94 bits per heavy atom. The molecule has 32 heavy (non-hydrogen) atoms. The summed E-state index contributed by atoms with van der Waals surface area (Å²) >= 11 is 0. The second-order valence-corrected chi connectivity index (χ2v) is 8.61. The number of nitrogens with one attached hydrogen (secondary N) is 2. The average Bonchev–Trinajstić information content (AvgIpc) is 3.17. The molecule has 0 amide bonds. The Morgan fingerprint density at radius 1 is 1.19 bits per heavy atom. The number of aliphatic hydroxyl groups excluding tert-OH is 1. The number of piperidine rings is 1. The molecule has 176 valence electrons. The lowest BCUT2D eigenvalue weighted by molar-refractivity contribution is 0.203. The summed E-state index contributed by atoms with van der Waals surface area (Å²) in [6, 6.07) is 9.04. The number of aliphatic hydroxyl groups is 1. The van der Waals surface area contributed by atoms with Gasteiger partial charge in [-0.3, -0.25) is 0 Å². The molecule has 1 unspecified atom stereocenters. The summed E-state index contributed by atoms with van der Waals surface area (Å²) in [6.45, 7) is 8.68. The van der Waals surface area contributed by atoms with Gasteiger partial charge in [-0.25, -0.2) is 14.7 Å². The molecule has 8 nitrogen and oxygen atoms in total. The largest absolute Gasteiger partial charge is 0.396 e. The average molecular weight is 553 g/mol. The van der Waals surface area contributed by atoms with Crippen molar-refractivity contribution in [3.63, 3.8) is 0 Å². The third-order valence-corrected chi connectivity index (χ3v) is 6.24. The molecule has 3 heterocycles. The second kappa shape index (κ2) is 11.8. The van der Waals surface area contributed by atoms with E-state index in [1.807, 2.05) is 11.6 Å². The Morgan fingerprint density at radius 3 is 2.62 bits per heavy atom. The van der Waals surface area contributed by atoms with Crippen LogP contribution in [0.25, 0.3) is 0 Å². The monoisotopic (exact) mass is 553 g/mol. The van der Waals surface area contributed by atoms with Crippen LogP contribution in [-0.2, 0) is 19.5 Å². The van der Waals surface area contributed by atoms with Crippen LogP contribution in [0, 0.1) is 12.8 Å². The van der Waals surface area contributed by atoms with Crippen molar-refractivity contribution in [2.75, 3.05) is 31.1 Å². The number of anilines is 1. The molecule has 0 saturated carbocycles. The highest BCUT2D eigenvalue weighted by Gasteiger charge is 2.22. The number of rotatable bonds is 6. The number of nitrogens with zero attached hydrogens (tertiary/aromatic N) is 5. The van der Waals surface area contributed by atoms with Gasteiger partial charge in [0.15, 0.2) is 5.96 Å². The van der Waals surface area contributed by atoms with Gasteiger partial charge in [0, 0.05) is 44.4 Å². The van der Waals surface area contributed by atoms with Crippen LogP contribution >= 0.6 is 24.0 Å². The summed E-state index contributed by atoms with van der Waals surface area (Å²) in [5.74, 6) is 3.24. The quantitative estimate of drug-likeness (QED) is 0.290. The summed E-state index contributed by atoms with van der Waals surface area (Å²) in [7, 11) is 0. The molecule has 1 fully saturated rings. The van der Waals surface area contributed by atoms with Crippen LogP contribution in [0.15, 0.2) is 29.3 Å². The topological polar surface area (TPSA) is 90.6 Å². The van der Waals surface area contributed by atoms with Gasteiger partial charge < -0.3 is 20.6 Å². The minimum atomic E-state index is 0. The van der Waals surface area contributed by atoms with Crippen molar-refractivity contribution in [2.45, 2.75) is 58.7 Å². The van der Waals surface area contributed by atoms with Gasteiger partial charge in [0.25, 0.3) is 0 Å². The number of hydrogen-bond acceptors (Lipinski definition) is 5. The molecule has 1 atom stereocenters. The van der Waals surface area contributed by atoms with Crippen LogP contribution in [0.4, 0.5) is 5.69 Å². The van der Waals surface area contributed by atoms with E-state index in [0.29, 0.717) is 25.1 Å². The lowest BCUT2D eigenvalue weighted by Gasteiger charge is -2.32. The van der Waals surface area contributed by atoms with Gasteiger partial charge in [0.1, 0.15) is 11.6 Å². The van der Waals surface area contributed by atoms with Crippen LogP contribution in [0.3, 0.4) is 0 Å². The minimum absolute atomic E-state index is 0. The van der Waals surface area contributed by atoms with Crippen molar-refractivity contribution >= 4 is 35.6 Å². The van der Waals surface area contributed by atoms with E-state index in [1.54, 1.807) is 0 Å². The lowest BCUT2D eigenvalue weighted by atomic mass is 9.97. The van der Waals surface area contributed by atoms with Crippen LogP contribution in [-0.4, -0.2) is 58.1 Å². The van der Waals surface area contributed by atoms with Crippen LogP contribution in [0.1, 0.15) is 43.4 Å². The van der Waals surface area contributed by atoms with Gasteiger partial charge in [0.05, 0.1) is 13.1 Å². The summed E-state index contributed by atoms with van der Waals surface area (Å²) in [5, 5.41) is 20.8. The summed E-state index contributed by atoms with van der Waals surface area (Å²) in [6.07, 6.45) is 4.10. The van der Waals surface area contributed by atoms with Crippen LogP contribution in [0.2, 0.25) is 0 Å². The molecule has 2 aliphatic heterocycles. The summed E-state index contributed by atoms with van der Waals surface area (Å²) in [4.78, 5) is 11.7. The molecular formula is C23H36IN7O. The Hall–Kier alpha value is -1.88. The molecule has 2 aromatic rings. The number of halogens is 1. The second-order valence-electron chi connectivity index (χ2n) is 8.61. The van der Waals surface area contributed by atoms with Gasteiger partial charge in [0.2, 0.25) is 0 Å². The fraction of sp³-hybridized carbons (Fsp3) is 0.609. The van der Waals surface area contributed by atoms with Crippen molar-refractivity contribution in [1.82, 2.24) is 25.4 Å². The van der Waals surface area contributed by atoms with E-state index >= 15 is 0 Å². The van der Waals surface area contributed by atoms with Gasteiger partial charge in [-0.15, -0.1) is 24.0 Å². The maximum atomic E-state index is 9.33. The third kappa shape index (κ3) is 6.34. The maximum absolute atomic E-state index is 9.33. The predicted molar refractivity (Wildman–Crippen MR) is 139 cm³/mol. The molecular weight excluding hydrogens is 517 g/mol. The van der Waals surface area contributed by atoms with Crippen molar-refractivity contribution in [3.8, 4) is 0 Å². The van der Waals surface area contributed by atoms with Crippen molar-refractivity contribution in [1.29, 1.82) is 0 Å². The van der Waals surface area contributed by atoms with Crippen molar-refractivity contribution in [2.24, 2.45) is 10.9 Å². The third-order valence-electron chi connectivity index (χ3n) is 6.24. The molecule has 0 aliphatic carbocycles. The maximum Gasteiger partial charge on any atom is 0.191 e. The standard InChI is InChI=1S/C23H35N7O.HI/c1-3-24-23(27-20-6-9-22-26-17(2)28-30(22)15-20)25-14-18-4-7-21(8-5-18)29-12-10-19(16-31)11-13-29;/h4-5,7-8,19-20,31H,3,6,9-16H2,1-2H3,(H2,24,25,27);1H. The number of aromatic nitrogens is 3. The van der Waals surface area contributed by atoms with Crippen LogP contribution < -0.4 is 15.5 Å². The first-order valence-corrected chi connectivity index (χ1v) is 11.5. The Kier molecular flexibility index (Phi) is 9.15. The van der Waals surface area contributed by atoms with E-state index in [9.17, 15) is 5.11 Å². The van der Waals surface area contributed by atoms with Gasteiger partial charge >= 0.3 is 0 Å². The Bertz CT molecular complexity index is 875. The Balaban J connectivity index is 0.00000289. The first-order chi connectivity index (χ1) is 15.1. The number of fused-ring (bicyclic) bond motifs is 1. The number of aryl methyl sites for hydroxylation is 2. The fourth-order valence-corrected chi connectivity index (χ4v) is 4.42. The fourth-order valence-electron chi connectivity index (χ4n) is 4.42. The van der Waals surface area contributed by atoms with E-state index in [-0.39, 0.29) is 24.0 Å². The van der Waals surface area contributed by atoms with E-state index < -0.39 is 0 Å². The minimum Gasteiger partial charge on any atom is -0.396 e. The van der Waals surface area contributed by atoms with E-state index in [0.717, 1.165) is 69.5 Å². The first-order valence-electron chi connectivity index (χ1n) is 11.5. The zero-order valence-corrected chi connectivity index (χ0v) is 21.5. The number of benzene rings is 1. The molecule has 0 bridgehead atoms. The van der Waals surface area contributed by atoms with E-state index in [2.05, 4.69) is 56.8 Å². The lowest BCUT2D eigenvalue weighted by Crippen LogP contribution is -2.47. The number of guanidine groups is 1. The van der Waals surface area contributed by atoms with Crippen LogP contribution in [0.5, 0.6) is 0 Å².